The first-order valence-electron chi connectivity index (χ1n) is 5.96. The lowest BCUT2D eigenvalue weighted by Crippen LogP contribution is -2.49. The molecule has 0 spiro atoms. The quantitative estimate of drug-likeness (QED) is 0.718. The molecule has 1 aliphatic heterocycles. The normalized spacial score (nSPS) is 19.3. The van der Waals surface area contributed by atoms with Crippen LogP contribution in [0.1, 0.15) is 21.8 Å². The van der Waals surface area contributed by atoms with Crippen LogP contribution in [0.3, 0.4) is 0 Å². The molecule has 104 valence electrons. The van der Waals surface area contributed by atoms with E-state index in [4.69, 9.17) is 9.26 Å². The number of rotatable bonds is 2. The van der Waals surface area contributed by atoms with E-state index >= 15 is 0 Å². The highest BCUT2D eigenvalue weighted by Crippen LogP contribution is 2.17. The molecule has 1 saturated heterocycles. The molecular weight excluding hydrogens is 252 g/mol. The molecule has 1 fully saturated rings. The van der Waals surface area contributed by atoms with Crippen molar-refractivity contribution >= 4 is 11.9 Å². The fourth-order valence-corrected chi connectivity index (χ4v) is 2.05. The van der Waals surface area contributed by atoms with Crippen LogP contribution >= 0.6 is 0 Å². The van der Waals surface area contributed by atoms with Crippen molar-refractivity contribution in [1.82, 2.24) is 10.1 Å². The number of morpholine rings is 1. The number of ether oxygens (including phenoxy) is 2. The fourth-order valence-electron chi connectivity index (χ4n) is 2.05. The van der Waals surface area contributed by atoms with E-state index in [2.05, 4.69) is 9.89 Å². The first-order valence-corrected chi connectivity index (χ1v) is 5.96. The van der Waals surface area contributed by atoms with E-state index in [0.29, 0.717) is 30.2 Å². The molecule has 7 nitrogen and oxygen atoms in total. The van der Waals surface area contributed by atoms with Gasteiger partial charge in [-0.05, 0) is 13.8 Å². The second-order valence-corrected chi connectivity index (χ2v) is 4.33. The summed E-state index contributed by atoms with van der Waals surface area (Å²) in [6, 6.07) is 0. The lowest BCUT2D eigenvalue weighted by atomic mass is 10.1. The number of esters is 1. The van der Waals surface area contributed by atoms with E-state index in [0.717, 1.165) is 0 Å². The van der Waals surface area contributed by atoms with Crippen LogP contribution in [0.15, 0.2) is 4.52 Å². The Hall–Kier alpha value is -1.89. The van der Waals surface area contributed by atoms with Gasteiger partial charge in [-0.1, -0.05) is 5.16 Å². The summed E-state index contributed by atoms with van der Waals surface area (Å²) in [5, 5.41) is 3.76. The minimum Gasteiger partial charge on any atom is -0.467 e. The molecule has 0 aliphatic carbocycles. The number of hydrogen-bond acceptors (Lipinski definition) is 6. The molecule has 0 saturated carbocycles. The standard InChI is InChI=1S/C12H16N2O5/c1-7-10(8(2)19-13-7)11(15)14-4-5-18-9(6-14)12(16)17-3/h9H,4-6H2,1-3H3. The first kappa shape index (κ1) is 13.5. The van der Waals surface area contributed by atoms with Crippen LogP contribution in [0.2, 0.25) is 0 Å². The zero-order valence-corrected chi connectivity index (χ0v) is 11.1. The molecule has 2 rings (SSSR count). The Morgan fingerprint density at radius 2 is 2.16 bits per heavy atom. The van der Waals surface area contributed by atoms with Gasteiger partial charge >= 0.3 is 5.97 Å². The third-order valence-electron chi connectivity index (χ3n) is 3.06. The molecule has 7 heteroatoms. The van der Waals surface area contributed by atoms with Gasteiger partial charge in [0.15, 0.2) is 6.10 Å². The second-order valence-electron chi connectivity index (χ2n) is 4.33. The number of methoxy groups -OCH3 is 1. The van der Waals surface area contributed by atoms with Gasteiger partial charge in [-0.25, -0.2) is 4.79 Å². The Morgan fingerprint density at radius 1 is 1.42 bits per heavy atom. The van der Waals surface area contributed by atoms with Crippen molar-refractivity contribution in [3.8, 4) is 0 Å². The lowest BCUT2D eigenvalue weighted by molar-refractivity contribution is -0.158. The van der Waals surface area contributed by atoms with Crippen molar-refractivity contribution in [3.05, 3.63) is 17.0 Å². The van der Waals surface area contributed by atoms with Crippen LogP contribution in [0.4, 0.5) is 0 Å². The molecule has 1 aliphatic rings. The highest BCUT2D eigenvalue weighted by molar-refractivity contribution is 5.96. The van der Waals surface area contributed by atoms with E-state index in [-0.39, 0.29) is 12.5 Å². The SMILES string of the molecule is COC(=O)C1CN(C(=O)c2c(C)noc2C)CCO1. The molecule has 0 aromatic carbocycles. The maximum atomic E-state index is 12.4. The topological polar surface area (TPSA) is 81.9 Å². The van der Waals surface area contributed by atoms with E-state index in [1.165, 1.54) is 7.11 Å². The number of aryl methyl sites for hydroxylation is 2. The Bertz CT molecular complexity index is 477. The number of aromatic nitrogens is 1. The Morgan fingerprint density at radius 3 is 2.74 bits per heavy atom. The van der Waals surface area contributed by atoms with Crippen LogP contribution in [0.5, 0.6) is 0 Å². The summed E-state index contributed by atoms with van der Waals surface area (Å²) < 4.78 is 14.9. The Labute approximate surface area is 110 Å². The third kappa shape index (κ3) is 2.60. The van der Waals surface area contributed by atoms with Crippen molar-refractivity contribution in [3.63, 3.8) is 0 Å². The van der Waals surface area contributed by atoms with E-state index in [9.17, 15) is 9.59 Å². The molecule has 0 radical (unpaired) electrons. The maximum absolute atomic E-state index is 12.4. The Balaban J connectivity index is 2.14. The van der Waals surface area contributed by atoms with Crippen molar-refractivity contribution in [2.45, 2.75) is 20.0 Å². The summed E-state index contributed by atoms with van der Waals surface area (Å²) in [5.41, 5.74) is 0.995. The smallest absolute Gasteiger partial charge is 0.336 e. The number of amides is 1. The number of hydrogen-bond donors (Lipinski definition) is 0. The van der Waals surface area contributed by atoms with Crippen LogP contribution in [0.25, 0.3) is 0 Å². The first-order chi connectivity index (χ1) is 9.04. The van der Waals surface area contributed by atoms with Gasteiger partial charge in [-0.2, -0.15) is 0 Å². The van der Waals surface area contributed by atoms with Crippen molar-refractivity contribution in [2.24, 2.45) is 0 Å². The largest absolute Gasteiger partial charge is 0.467 e. The van der Waals surface area contributed by atoms with Gasteiger partial charge in [0.25, 0.3) is 5.91 Å². The van der Waals surface area contributed by atoms with Crippen molar-refractivity contribution in [1.29, 1.82) is 0 Å². The molecule has 1 unspecified atom stereocenters. The van der Waals surface area contributed by atoms with Crippen LogP contribution in [-0.4, -0.2) is 54.8 Å². The van der Waals surface area contributed by atoms with E-state index < -0.39 is 12.1 Å². The van der Waals surface area contributed by atoms with Crippen LogP contribution in [-0.2, 0) is 14.3 Å². The maximum Gasteiger partial charge on any atom is 0.336 e. The number of carbonyl (C=O) groups excluding carboxylic acids is 2. The molecule has 0 bridgehead atoms. The molecular formula is C12H16N2O5. The van der Waals surface area contributed by atoms with Crippen LogP contribution < -0.4 is 0 Å². The van der Waals surface area contributed by atoms with Gasteiger partial charge in [0.2, 0.25) is 0 Å². The van der Waals surface area contributed by atoms with Crippen LogP contribution in [0, 0.1) is 13.8 Å². The molecule has 1 amide bonds. The average molecular weight is 268 g/mol. The van der Waals surface area contributed by atoms with Gasteiger partial charge in [0.1, 0.15) is 11.3 Å². The molecule has 1 atom stereocenters. The highest BCUT2D eigenvalue weighted by Gasteiger charge is 2.32. The predicted octanol–water partition coefficient (Wildman–Crippen LogP) is 0.305. The third-order valence-corrected chi connectivity index (χ3v) is 3.06. The molecule has 1 aromatic rings. The summed E-state index contributed by atoms with van der Waals surface area (Å²) in [5.74, 6) is -0.201. The number of carbonyl (C=O) groups is 2. The molecule has 1 aromatic heterocycles. The minimum absolute atomic E-state index is 0.176. The molecule has 19 heavy (non-hydrogen) atoms. The van der Waals surface area contributed by atoms with Crippen molar-refractivity contribution < 1.29 is 23.6 Å². The lowest BCUT2D eigenvalue weighted by Gasteiger charge is -2.31. The van der Waals surface area contributed by atoms with E-state index in [1.807, 2.05) is 0 Å². The Kier molecular flexibility index (Phi) is 3.84. The fraction of sp³-hybridized carbons (Fsp3) is 0.583. The monoisotopic (exact) mass is 268 g/mol. The molecule has 2 heterocycles. The highest BCUT2D eigenvalue weighted by atomic mass is 16.6. The predicted molar refractivity (Wildman–Crippen MR) is 63.6 cm³/mol. The summed E-state index contributed by atoms with van der Waals surface area (Å²) in [6.07, 6.45) is -0.733. The summed E-state index contributed by atoms with van der Waals surface area (Å²) in [7, 11) is 1.29. The van der Waals surface area contributed by atoms with Gasteiger partial charge in [0.05, 0.1) is 26.0 Å². The van der Waals surface area contributed by atoms with E-state index in [1.54, 1.807) is 18.7 Å². The summed E-state index contributed by atoms with van der Waals surface area (Å²) in [4.78, 5) is 25.4. The zero-order valence-electron chi connectivity index (χ0n) is 11.1. The molecule has 0 N–H and O–H groups in total. The van der Waals surface area contributed by atoms with Gasteiger partial charge in [-0.15, -0.1) is 0 Å². The zero-order chi connectivity index (χ0) is 14.0. The summed E-state index contributed by atoms with van der Waals surface area (Å²) >= 11 is 0. The summed E-state index contributed by atoms with van der Waals surface area (Å²) in [6.45, 7) is 4.30. The van der Waals surface area contributed by atoms with Gasteiger partial charge in [-0.3, -0.25) is 4.79 Å². The minimum atomic E-state index is -0.733. The van der Waals surface area contributed by atoms with Gasteiger partial charge < -0.3 is 18.9 Å². The van der Waals surface area contributed by atoms with Gasteiger partial charge in [0, 0.05) is 6.54 Å². The average Bonchev–Trinajstić information content (AvgIpc) is 2.76. The number of nitrogens with zero attached hydrogens (tertiary/aromatic N) is 2. The second kappa shape index (κ2) is 5.40. The van der Waals surface area contributed by atoms with Crippen molar-refractivity contribution in [2.75, 3.05) is 26.8 Å².